The molecule has 2 aromatic carbocycles. The van der Waals surface area contributed by atoms with Gasteiger partial charge >= 0.3 is 0 Å². The van der Waals surface area contributed by atoms with Crippen molar-refractivity contribution < 1.29 is 13.2 Å². The minimum atomic E-state index is -3.64. The molecule has 112 valence electrons. The summed E-state index contributed by atoms with van der Waals surface area (Å²) in [6.45, 7) is 0.433. The summed E-state index contributed by atoms with van der Waals surface area (Å²) in [7, 11) is -0.356. The molecular formula is C15H18N2O3S. The molecule has 2 aromatic rings. The number of methoxy groups -OCH3 is 1. The SMILES string of the molecule is CNc1ccccc1S(=O)(=O)Nc1cccc(COC)c1. The normalized spacial score (nSPS) is 11.1. The second-order valence-electron chi connectivity index (χ2n) is 4.49. The molecule has 0 aromatic heterocycles. The quantitative estimate of drug-likeness (QED) is 0.861. The zero-order valence-corrected chi connectivity index (χ0v) is 12.8. The van der Waals surface area contributed by atoms with Gasteiger partial charge in [-0.2, -0.15) is 0 Å². The average molecular weight is 306 g/mol. The molecule has 0 aliphatic heterocycles. The summed E-state index contributed by atoms with van der Waals surface area (Å²) in [6.07, 6.45) is 0. The van der Waals surface area contributed by atoms with E-state index in [4.69, 9.17) is 4.74 Å². The number of sulfonamides is 1. The minimum Gasteiger partial charge on any atom is -0.387 e. The number of nitrogens with one attached hydrogen (secondary N) is 2. The van der Waals surface area contributed by atoms with Crippen molar-refractivity contribution in [3.8, 4) is 0 Å². The molecule has 0 spiro atoms. The third-order valence-electron chi connectivity index (χ3n) is 2.94. The maximum Gasteiger partial charge on any atom is 0.263 e. The van der Waals surface area contributed by atoms with Gasteiger partial charge < -0.3 is 10.1 Å². The van der Waals surface area contributed by atoms with Crippen LogP contribution in [0.5, 0.6) is 0 Å². The van der Waals surface area contributed by atoms with Crippen LogP contribution in [-0.2, 0) is 21.4 Å². The van der Waals surface area contributed by atoms with E-state index in [1.54, 1.807) is 56.6 Å². The lowest BCUT2D eigenvalue weighted by Crippen LogP contribution is -2.14. The van der Waals surface area contributed by atoms with Crippen molar-refractivity contribution in [1.29, 1.82) is 0 Å². The van der Waals surface area contributed by atoms with Crippen LogP contribution in [0.15, 0.2) is 53.4 Å². The van der Waals surface area contributed by atoms with Crippen LogP contribution in [0.4, 0.5) is 11.4 Å². The summed E-state index contributed by atoms with van der Waals surface area (Å²) in [5.41, 5.74) is 1.97. The summed E-state index contributed by atoms with van der Waals surface area (Å²) in [5, 5.41) is 2.88. The van der Waals surface area contributed by atoms with Gasteiger partial charge in [0.2, 0.25) is 0 Å². The summed E-state index contributed by atoms with van der Waals surface area (Å²) < 4.78 is 32.6. The number of hydrogen-bond acceptors (Lipinski definition) is 4. The Bertz CT molecular complexity index is 714. The fourth-order valence-corrected chi connectivity index (χ4v) is 3.27. The van der Waals surface area contributed by atoms with Gasteiger partial charge in [-0.15, -0.1) is 0 Å². The highest BCUT2D eigenvalue weighted by Gasteiger charge is 2.17. The number of hydrogen-bond donors (Lipinski definition) is 2. The second-order valence-corrected chi connectivity index (χ2v) is 6.14. The molecule has 0 heterocycles. The zero-order chi connectivity index (χ0) is 15.3. The summed E-state index contributed by atoms with van der Waals surface area (Å²) in [6, 6.07) is 13.9. The van der Waals surface area contributed by atoms with Crippen LogP contribution >= 0.6 is 0 Å². The first-order chi connectivity index (χ1) is 10.1. The highest BCUT2D eigenvalue weighted by Crippen LogP contribution is 2.23. The van der Waals surface area contributed by atoms with E-state index in [0.29, 0.717) is 18.0 Å². The Morgan fingerprint density at radius 3 is 2.57 bits per heavy atom. The molecule has 0 saturated carbocycles. The molecule has 21 heavy (non-hydrogen) atoms. The molecule has 5 nitrogen and oxygen atoms in total. The topological polar surface area (TPSA) is 67.4 Å². The van der Waals surface area contributed by atoms with Crippen LogP contribution < -0.4 is 10.0 Å². The van der Waals surface area contributed by atoms with E-state index in [0.717, 1.165) is 5.56 Å². The molecule has 2 N–H and O–H groups in total. The first kappa shape index (κ1) is 15.3. The lowest BCUT2D eigenvalue weighted by Gasteiger charge is -2.12. The monoisotopic (exact) mass is 306 g/mol. The Labute approximate surface area is 125 Å². The lowest BCUT2D eigenvalue weighted by atomic mass is 10.2. The number of para-hydroxylation sites is 1. The maximum absolute atomic E-state index is 12.5. The van der Waals surface area contributed by atoms with Crippen molar-refractivity contribution in [2.75, 3.05) is 24.2 Å². The average Bonchev–Trinajstić information content (AvgIpc) is 2.47. The Morgan fingerprint density at radius 2 is 1.86 bits per heavy atom. The number of anilines is 2. The fraction of sp³-hybridized carbons (Fsp3) is 0.200. The highest BCUT2D eigenvalue weighted by molar-refractivity contribution is 7.92. The van der Waals surface area contributed by atoms with Gasteiger partial charge in [0.05, 0.1) is 12.3 Å². The maximum atomic E-state index is 12.5. The molecule has 0 aliphatic carbocycles. The minimum absolute atomic E-state index is 0.213. The molecule has 0 bridgehead atoms. The van der Waals surface area contributed by atoms with E-state index in [-0.39, 0.29) is 4.90 Å². The van der Waals surface area contributed by atoms with E-state index < -0.39 is 10.0 Å². The van der Waals surface area contributed by atoms with Crippen molar-refractivity contribution in [1.82, 2.24) is 0 Å². The predicted octanol–water partition coefficient (Wildman–Crippen LogP) is 2.68. The third-order valence-corrected chi connectivity index (χ3v) is 4.38. The van der Waals surface area contributed by atoms with Crippen LogP contribution in [0.25, 0.3) is 0 Å². The van der Waals surface area contributed by atoms with Crippen LogP contribution in [-0.4, -0.2) is 22.6 Å². The Morgan fingerprint density at radius 1 is 1.10 bits per heavy atom. The number of rotatable bonds is 6. The van der Waals surface area contributed by atoms with Crippen molar-refractivity contribution in [3.05, 3.63) is 54.1 Å². The van der Waals surface area contributed by atoms with Gasteiger partial charge in [0.1, 0.15) is 4.90 Å². The predicted molar refractivity (Wildman–Crippen MR) is 84.0 cm³/mol. The first-order valence-electron chi connectivity index (χ1n) is 6.44. The van der Waals surface area contributed by atoms with Crippen LogP contribution in [0.2, 0.25) is 0 Å². The van der Waals surface area contributed by atoms with Crippen LogP contribution in [0.3, 0.4) is 0 Å². The Balaban J connectivity index is 2.31. The van der Waals surface area contributed by atoms with E-state index >= 15 is 0 Å². The largest absolute Gasteiger partial charge is 0.387 e. The molecule has 0 radical (unpaired) electrons. The van der Waals surface area contributed by atoms with Gasteiger partial charge in [-0.05, 0) is 29.8 Å². The lowest BCUT2D eigenvalue weighted by molar-refractivity contribution is 0.185. The zero-order valence-electron chi connectivity index (χ0n) is 12.0. The molecular weight excluding hydrogens is 288 g/mol. The molecule has 6 heteroatoms. The van der Waals surface area contributed by atoms with Crippen LogP contribution in [0.1, 0.15) is 5.56 Å². The second kappa shape index (κ2) is 6.60. The van der Waals surface area contributed by atoms with Crippen LogP contribution in [0, 0.1) is 0 Å². The molecule has 0 saturated heterocycles. The van der Waals surface area contributed by atoms with E-state index in [9.17, 15) is 8.42 Å². The van der Waals surface area contributed by atoms with Gasteiger partial charge in [-0.25, -0.2) is 8.42 Å². The molecule has 0 fully saturated rings. The van der Waals surface area contributed by atoms with E-state index in [1.165, 1.54) is 0 Å². The van der Waals surface area contributed by atoms with Crippen molar-refractivity contribution in [2.24, 2.45) is 0 Å². The van der Waals surface area contributed by atoms with Crippen molar-refractivity contribution in [3.63, 3.8) is 0 Å². The van der Waals surface area contributed by atoms with Gasteiger partial charge in [0, 0.05) is 19.8 Å². The number of ether oxygens (including phenoxy) is 1. The van der Waals surface area contributed by atoms with E-state index in [2.05, 4.69) is 10.0 Å². The number of benzene rings is 2. The fourth-order valence-electron chi connectivity index (χ4n) is 2.01. The van der Waals surface area contributed by atoms with Gasteiger partial charge in [-0.1, -0.05) is 24.3 Å². The Kier molecular flexibility index (Phi) is 4.82. The standard InChI is InChI=1S/C15H18N2O3S/c1-16-14-8-3-4-9-15(14)21(18,19)17-13-7-5-6-12(10-13)11-20-2/h3-10,16-17H,11H2,1-2H3. The molecule has 0 aliphatic rings. The summed E-state index contributed by atoms with van der Waals surface area (Å²) >= 11 is 0. The smallest absolute Gasteiger partial charge is 0.263 e. The van der Waals surface area contributed by atoms with Gasteiger partial charge in [0.25, 0.3) is 10.0 Å². The molecule has 0 amide bonds. The highest BCUT2D eigenvalue weighted by atomic mass is 32.2. The van der Waals surface area contributed by atoms with Gasteiger partial charge in [0.15, 0.2) is 0 Å². The summed E-state index contributed by atoms with van der Waals surface area (Å²) in [4.78, 5) is 0.213. The van der Waals surface area contributed by atoms with Gasteiger partial charge in [-0.3, -0.25) is 4.72 Å². The first-order valence-corrected chi connectivity index (χ1v) is 7.92. The third kappa shape index (κ3) is 3.74. The van der Waals surface area contributed by atoms with Crippen molar-refractivity contribution in [2.45, 2.75) is 11.5 Å². The van der Waals surface area contributed by atoms with E-state index in [1.807, 2.05) is 6.07 Å². The molecule has 0 atom stereocenters. The van der Waals surface area contributed by atoms with Crippen molar-refractivity contribution >= 4 is 21.4 Å². The molecule has 2 rings (SSSR count). The summed E-state index contributed by atoms with van der Waals surface area (Å²) in [5.74, 6) is 0. The Hall–Kier alpha value is -2.05. The molecule has 0 unspecified atom stereocenters.